The van der Waals surface area contributed by atoms with Gasteiger partial charge in [0.15, 0.2) is 0 Å². The molecule has 2 fully saturated rings. The Hall–Kier alpha value is -1.88. The fraction of sp³-hybridized carbons (Fsp3) is 0.556. The maximum absolute atomic E-state index is 12.7. The van der Waals surface area contributed by atoms with E-state index in [1.54, 1.807) is 0 Å². The number of piperazine rings is 1. The van der Waals surface area contributed by atoms with Gasteiger partial charge in [-0.3, -0.25) is 9.59 Å². The summed E-state index contributed by atoms with van der Waals surface area (Å²) in [5, 5.41) is 6.54. The van der Waals surface area contributed by atoms with E-state index in [0.29, 0.717) is 6.04 Å². The molecule has 1 saturated carbocycles. The smallest absolute Gasteiger partial charge is 0.237 e. The summed E-state index contributed by atoms with van der Waals surface area (Å²) in [6.45, 7) is 0.721. The number of carbonyl (C=O) groups is 2. The van der Waals surface area contributed by atoms with Crippen LogP contribution in [-0.4, -0.2) is 36.5 Å². The molecule has 2 heterocycles. The first kappa shape index (κ1) is 14.7. The number of rotatable bonds is 2. The van der Waals surface area contributed by atoms with Crippen molar-refractivity contribution in [1.82, 2.24) is 10.6 Å². The van der Waals surface area contributed by atoms with Gasteiger partial charge in [0, 0.05) is 24.3 Å². The molecule has 23 heavy (non-hydrogen) atoms. The van der Waals surface area contributed by atoms with Crippen LogP contribution in [0.3, 0.4) is 0 Å². The van der Waals surface area contributed by atoms with Crippen molar-refractivity contribution in [3.63, 3.8) is 0 Å². The second-order valence-electron chi connectivity index (χ2n) is 6.85. The Labute approximate surface area is 136 Å². The van der Waals surface area contributed by atoms with Crippen molar-refractivity contribution < 1.29 is 9.59 Å². The van der Waals surface area contributed by atoms with Crippen molar-refractivity contribution in [1.29, 1.82) is 0 Å². The Bertz CT molecular complexity index is 630. The van der Waals surface area contributed by atoms with Crippen LogP contribution in [0.15, 0.2) is 24.3 Å². The summed E-state index contributed by atoms with van der Waals surface area (Å²) in [5.74, 6) is 0.0193. The van der Waals surface area contributed by atoms with E-state index >= 15 is 0 Å². The van der Waals surface area contributed by atoms with E-state index in [1.807, 2.05) is 23.1 Å². The molecule has 3 aliphatic rings. The number of amides is 2. The molecule has 1 aromatic rings. The molecular formula is C18H23N3O2. The molecule has 0 bridgehead atoms. The zero-order valence-electron chi connectivity index (χ0n) is 13.3. The van der Waals surface area contributed by atoms with Gasteiger partial charge in [-0.05, 0) is 30.9 Å². The first-order chi connectivity index (χ1) is 11.2. The van der Waals surface area contributed by atoms with Gasteiger partial charge < -0.3 is 15.5 Å². The SMILES string of the molecule is O=C1NC2CCCCC2NC1CC(=O)N1CCc2ccccc21. The maximum atomic E-state index is 12.7. The van der Waals surface area contributed by atoms with Crippen LogP contribution in [0.5, 0.6) is 0 Å². The molecule has 2 aliphatic heterocycles. The van der Waals surface area contributed by atoms with Crippen molar-refractivity contribution in [3.8, 4) is 0 Å². The van der Waals surface area contributed by atoms with Gasteiger partial charge in [0.1, 0.15) is 0 Å². The summed E-state index contributed by atoms with van der Waals surface area (Å²) >= 11 is 0. The first-order valence-corrected chi connectivity index (χ1v) is 8.67. The van der Waals surface area contributed by atoms with E-state index < -0.39 is 6.04 Å². The monoisotopic (exact) mass is 313 g/mol. The molecule has 1 aromatic carbocycles. The van der Waals surface area contributed by atoms with Gasteiger partial charge in [-0.25, -0.2) is 0 Å². The Morgan fingerprint density at radius 3 is 2.83 bits per heavy atom. The average molecular weight is 313 g/mol. The van der Waals surface area contributed by atoms with Crippen LogP contribution in [-0.2, 0) is 16.0 Å². The minimum atomic E-state index is -0.394. The van der Waals surface area contributed by atoms with Gasteiger partial charge in [0.25, 0.3) is 0 Å². The Balaban J connectivity index is 1.44. The van der Waals surface area contributed by atoms with Gasteiger partial charge in [-0.15, -0.1) is 0 Å². The fourth-order valence-corrected chi connectivity index (χ4v) is 4.15. The van der Waals surface area contributed by atoms with Crippen molar-refractivity contribution >= 4 is 17.5 Å². The molecule has 0 radical (unpaired) electrons. The van der Waals surface area contributed by atoms with Gasteiger partial charge in [0.2, 0.25) is 11.8 Å². The largest absolute Gasteiger partial charge is 0.350 e. The number of nitrogens with zero attached hydrogens (tertiary/aromatic N) is 1. The minimum absolute atomic E-state index is 0.0195. The van der Waals surface area contributed by atoms with Crippen LogP contribution >= 0.6 is 0 Å². The van der Waals surface area contributed by atoms with Gasteiger partial charge in [0.05, 0.1) is 12.5 Å². The summed E-state index contributed by atoms with van der Waals surface area (Å²) in [5.41, 5.74) is 2.22. The van der Waals surface area contributed by atoms with Gasteiger partial charge in [-0.2, -0.15) is 0 Å². The third kappa shape index (κ3) is 2.74. The van der Waals surface area contributed by atoms with Crippen LogP contribution in [0, 0.1) is 0 Å². The van der Waals surface area contributed by atoms with Crippen molar-refractivity contribution in [2.45, 2.75) is 56.7 Å². The molecule has 2 amide bonds. The molecule has 1 saturated heterocycles. The Morgan fingerprint density at radius 1 is 1.17 bits per heavy atom. The van der Waals surface area contributed by atoms with E-state index in [1.165, 1.54) is 18.4 Å². The summed E-state index contributed by atoms with van der Waals surface area (Å²) < 4.78 is 0. The highest BCUT2D eigenvalue weighted by atomic mass is 16.2. The maximum Gasteiger partial charge on any atom is 0.237 e. The van der Waals surface area contributed by atoms with E-state index in [9.17, 15) is 9.59 Å². The summed E-state index contributed by atoms with van der Waals surface area (Å²) in [7, 11) is 0. The zero-order valence-corrected chi connectivity index (χ0v) is 13.3. The number of fused-ring (bicyclic) bond motifs is 2. The third-order valence-electron chi connectivity index (χ3n) is 5.39. The number of hydrogen-bond acceptors (Lipinski definition) is 3. The van der Waals surface area contributed by atoms with Crippen LogP contribution < -0.4 is 15.5 Å². The van der Waals surface area contributed by atoms with Crippen LogP contribution in [0.25, 0.3) is 0 Å². The molecule has 1 aliphatic carbocycles. The summed E-state index contributed by atoms with van der Waals surface area (Å²) in [6.07, 6.45) is 5.65. The molecule has 5 nitrogen and oxygen atoms in total. The van der Waals surface area contributed by atoms with E-state index in [-0.39, 0.29) is 24.3 Å². The van der Waals surface area contributed by atoms with Crippen LogP contribution in [0.2, 0.25) is 0 Å². The number of anilines is 1. The zero-order chi connectivity index (χ0) is 15.8. The van der Waals surface area contributed by atoms with Crippen LogP contribution in [0.1, 0.15) is 37.7 Å². The van der Waals surface area contributed by atoms with E-state index in [2.05, 4.69) is 16.7 Å². The highest BCUT2D eigenvalue weighted by molar-refractivity contribution is 5.99. The van der Waals surface area contributed by atoms with E-state index in [4.69, 9.17) is 0 Å². The second-order valence-corrected chi connectivity index (χ2v) is 6.85. The normalized spacial score (nSPS) is 29.7. The first-order valence-electron chi connectivity index (χ1n) is 8.67. The predicted octanol–water partition coefficient (Wildman–Crippen LogP) is 1.37. The van der Waals surface area contributed by atoms with Crippen molar-refractivity contribution in [2.75, 3.05) is 11.4 Å². The molecule has 0 aromatic heterocycles. The molecule has 2 N–H and O–H groups in total. The van der Waals surface area contributed by atoms with Crippen LogP contribution in [0.4, 0.5) is 5.69 Å². The number of hydrogen-bond donors (Lipinski definition) is 2. The topological polar surface area (TPSA) is 61.4 Å². The number of para-hydroxylation sites is 1. The van der Waals surface area contributed by atoms with Gasteiger partial charge in [-0.1, -0.05) is 31.0 Å². The molecule has 4 rings (SSSR count). The fourth-order valence-electron chi connectivity index (χ4n) is 4.15. The van der Waals surface area contributed by atoms with E-state index in [0.717, 1.165) is 31.5 Å². The quantitative estimate of drug-likeness (QED) is 0.867. The predicted molar refractivity (Wildman–Crippen MR) is 88.2 cm³/mol. The van der Waals surface area contributed by atoms with Gasteiger partial charge >= 0.3 is 0 Å². The van der Waals surface area contributed by atoms with Crippen molar-refractivity contribution in [3.05, 3.63) is 29.8 Å². The Kier molecular flexibility index (Phi) is 3.81. The standard InChI is InChI=1S/C18H23N3O2/c22-17(21-10-9-12-5-1-4-8-16(12)21)11-15-18(23)20-14-7-3-2-6-13(14)19-15/h1,4-5,8,13-15,19H,2-3,6-7,9-11H2,(H,20,23). The third-order valence-corrected chi connectivity index (χ3v) is 5.39. The molecule has 3 unspecified atom stereocenters. The lowest BCUT2D eigenvalue weighted by Crippen LogP contribution is -2.65. The van der Waals surface area contributed by atoms with Crippen molar-refractivity contribution in [2.24, 2.45) is 0 Å². The lowest BCUT2D eigenvalue weighted by atomic mass is 9.87. The highest BCUT2D eigenvalue weighted by Crippen LogP contribution is 2.29. The number of benzene rings is 1. The highest BCUT2D eigenvalue weighted by Gasteiger charge is 2.38. The second kappa shape index (κ2) is 5.96. The summed E-state index contributed by atoms with van der Waals surface area (Å²) in [6, 6.07) is 8.20. The summed E-state index contributed by atoms with van der Waals surface area (Å²) in [4.78, 5) is 26.8. The average Bonchev–Trinajstić information content (AvgIpc) is 2.99. The molecule has 5 heteroatoms. The Morgan fingerprint density at radius 2 is 1.96 bits per heavy atom. The molecule has 0 spiro atoms. The number of nitrogens with one attached hydrogen (secondary N) is 2. The molecule has 3 atom stereocenters. The molecular weight excluding hydrogens is 290 g/mol. The number of carbonyl (C=O) groups excluding carboxylic acids is 2. The lowest BCUT2D eigenvalue weighted by molar-refractivity contribution is -0.130. The molecule has 122 valence electrons. The minimum Gasteiger partial charge on any atom is -0.350 e. The lowest BCUT2D eigenvalue weighted by Gasteiger charge is -2.40.